The Morgan fingerprint density at radius 3 is 2.16 bits per heavy atom. The Morgan fingerprint density at radius 1 is 1.04 bits per heavy atom. The monoisotopic (exact) mass is 618 g/mol. The lowest BCUT2D eigenvalue weighted by Crippen LogP contribution is -2.21. The predicted octanol–water partition coefficient (Wildman–Crippen LogP) is 7.11. The number of aldehydes is 1. The SMILES string of the molecule is C=C(NC(=C/C)/C(/C=C\C)=C(/C=C\C)C(=C/C)\OC(=C/C=NC(C)C=O)/N=C/N)Nc1cc(C(C)(C)C)c(C)cc1OC.CN. The van der Waals surface area contributed by atoms with Crippen LogP contribution in [0.2, 0.25) is 0 Å². The second kappa shape index (κ2) is 21.1. The molecule has 0 radical (unpaired) electrons. The van der Waals surface area contributed by atoms with Crippen molar-refractivity contribution < 1.29 is 14.3 Å². The molecule has 0 saturated heterocycles. The molecule has 0 aliphatic heterocycles. The van der Waals surface area contributed by atoms with Gasteiger partial charge in [-0.15, -0.1) is 0 Å². The quantitative estimate of drug-likeness (QED) is 0.0541. The molecular weight excluding hydrogens is 564 g/mol. The average molecular weight is 619 g/mol. The standard InChI is InChI=1S/C35H49N5O3.CH5N/c1-12-16-27(28(17-13-2)32(15-4)43-34(38-23-36)18-19-37-25(6)22-41)30(14-3)39-26(7)40-31-21-29(35(8,9)10)24(5)20-33(31)42-11;1-2/h12-23,25,39-40H,7H2,1-6,8-11H3,(H2,36,38);2H2,1H3/b16-12-,17-13-,28-27-,30-14+,32-15+,34-18+,37-19?;. The van der Waals surface area contributed by atoms with Crippen LogP contribution in [0, 0.1) is 6.92 Å². The molecule has 1 atom stereocenters. The van der Waals surface area contributed by atoms with Gasteiger partial charge >= 0.3 is 0 Å². The van der Waals surface area contributed by atoms with Gasteiger partial charge < -0.3 is 36.4 Å². The van der Waals surface area contributed by atoms with Gasteiger partial charge in [0.2, 0.25) is 5.88 Å². The van der Waals surface area contributed by atoms with E-state index < -0.39 is 6.04 Å². The minimum absolute atomic E-state index is 0.0397. The molecule has 0 heterocycles. The molecule has 1 aromatic carbocycles. The summed E-state index contributed by atoms with van der Waals surface area (Å²) in [6.07, 6.45) is 16.6. The molecular formula is C36H54N6O3. The van der Waals surface area contributed by atoms with Crippen LogP contribution in [0.1, 0.15) is 66.5 Å². The van der Waals surface area contributed by atoms with Crippen LogP contribution in [0.15, 0.2) is 106 Å². The number of rotatable bonds is 15. The third-order valence-electron chi connectivity index (χ3n) is 6.14. The highest BCUT2D eigenvalue weighted by molar-refractivity contribution is 5.75. The highest BCUT2D eigenvalue weighted by atomic mass is 16.5. The number of nitrogens with two attached hydrogens (primary N) is 2. The van der Waals surface area contributed by atoms with Crippen molar-refractivity contribution in [3.05, 3.63) is 107 Å². The Hall–Kier alpha value is -4.63. The summed E-state index contributed by atoms with van der Waals surface area (Å²) in [5.41, 5.74) is 15.7. The summed E-state index contributed by atoms with van der Waals surface area (Å²) < 4.78 is 11.9. The molecule has 45 heavy (non-hydrogen) atoms. The number of nitrogens with one attached hydrogen (secondary N) is 2. The first kappa shape index (κ1) is 40.4. The third-order valence-corrected chi connectivity index (χ3v) is 6.14. The summed E-state index contributed by atoms with van der Waals surface area (Å²) >= 11 is 0. The van der Waals surface area contributed by atoms with E-state index in [0.717, 1.165) is 46.5 Å². The predicted molar refractivity (Wildman–Crippen MR) is 192 cm³/mol. The number of anilines is 1. The summed E-state index contributed by atoms with van der Waals surface area (Å²) in [6, 6.07) is 3.67. The lowest BCUT2D eigenvalue weighted by molar-refractivity contribution is -0.108. The van der Waals surface area contributed by atoms with E-state index in [0.29, 0.717) is 11.6 Å². The maximum absolute atomic E-state index is 10.9. The van der Waals surface area contributed by atoms with Gasteiger partial charge in [-0.2, -0.15) is 0 Å². The van der Waals surface area contributed by atoms with Gasteiger partial charge in [0.25, 0.3) is 0 Å². The molecule has 9 nitrogen and oxygen atoms in total. The van der Waals surface area contributed by atoms with Crippen molar-refractivity contribution in [2.24, 2.45) is 21.5 Å². The Bertz CT molecular complexity index is 1370. The molecule has 0 aromatic heterocycles. The zero-order valence-corrected chi connectivity index (χ0v) is 29.0. The number of hydrogen-bond donors (Lipinski definition) is 4. The number of methoxy groups -OCH3 is 1. The Morgan fingerprint density at radius 2 is 1.67 bits per heavy atom. The topological polar surface area (TPSA) is 136 Å². The summed E-state index contributed by atoms with van der Waals surface area (Å²) in [7, 11) is 3.16. The fraction of sp³-hybridized carbons (Fsp3) is 0.361. The van der Waals surface area contributed by atoms with Crippen molar-refractivity contribution in [1.82, 2.24) is 5.32 Å². The van der Waals surface area contributed by atoms with Gasteiger partial charge in [0.05, 0.1) is 19.1 Å². The van der Waals surface area contributed by atoms with E-state index in [1.54, 1.807) is 20.1 Å². The number of ether oxygens (including phenoxy) is 2. The molecule has 1 aromatic rings. The number of nitrogens with zero attached hydrogens (tertiary/aromatic N) is 2. The molecule has 6 N–H and O–H groups in total. The number of carbonyl (C=O) groups is 1. The first-order valence-corrected chi connectivity index (χ1v) is 14.8. The Kier molecular flexibility index (Phi) is 19.0. The number of allylic oxidation sites excluding steroid dienone is 7. The van der Waals surface area contributed by atoms with Gasteiger partial charge in [-0.05, 0) is 83.3 Å². The largest absolute Gasteiger partial charge is 0.495 e. The van der Waals surface area contributed by atoms with Gasteiger partial charge in [0, 0.05) is 29.1 Å². The van der Waals surface area contributed by atoms with E-state index in [-0.39, 0.29) is 11.3 Å². The van der Waals surface area contributed by atoms with Gasteiger partial charge in [-0.1, -0.05) is 57.7 Å². The number of aliphatic imine (C=N–C) groups is 2. The van der Waals surface area contributed by atoms with E-state index in [2.05, 4.69) is 66.7 Å². The highest BCUT2D eigenvalue weighted by Crippen LogP contribution is 2.35. The van der Waals surface area contributed by atoms with E-state index in [9.17, 15) is 4.79 Å². The molecule has 0 fully saturated rings. The lowest BCUT2D eigenvalue weighted by atomic mass is 9.83. The van der Waals surface area contributed by atoms with Crippen LogP contribution in [0.25, 0.3) is 0 Å². The zero-order chi connectivity index (χ0) is 34.6. The molecule has 0 aliphatic rings. The van der Waals surface area contributed by atoms with Crippen LogP contribution in [-0.2, 0) is 14.9 Å². The first-order valence-electron chi connectivity index (χ1n) is 14.8. The molecule has 0 bridgehead atoms. The van der Waals surface area contributed by atoms with Crippen molar-refractivity contribution in [2.75, 3.05) is 19.5 Å². The summed E-state index contributed by atoms with van der Waals surface area (Å²) in [5.74, 6) is 2.04. The maximum Gasteiger partial charge on any atom is 0.222 e. The van der Waals surface area contributed by atoms with E-state index in [1.807, 2.05) is 70.2 Å². The Balaban J connectivity index is 0.00000947. The number of carbonyl (C=O) groups excluding carboxylic acids is 1. The fourth-order valence-corrected chi connectivity index (χ4v) is 4.21. The molecule has 0 spiro atoms. The third kappa shape index (κ3) is 13.3. The first-order chi connectivity index (χ1) is 21.4. The fourth-order valence-electron chi connectivity index (χ4n) is 4.21. The Labute approximate surface area is 271 Å². The van der Waals surface area contributed by atoms with Crippen LogP contribution in [0.3, 0.4) is 0 Å². The summed E-state index contributed by atoms with van der Waals surface area (Å²) in [6.45, 7) is 22.3. The van der Waals surface area contributed by atoms with E-state index in [4.69, 9.17) is 15.2 Å². The van der Waals surface area contributed by atoms with Crippen molar-refractivity contribution >= 4 is 24.5 Å². The summed E-state index contributed by atoms with van der Waals surface area (Å²) in [4.78, 5) is 19.2. The molecule has 0 amide bonds. The maximum atomic E-state index is 10.9. The second-order valence-electron chi connectivity index (χ2n) is 10.6. The lowest BCUT2D eigenvalue weighted by Gasteiger charge is -2.25. The van der Waals surface area contributed by atoms with Crippen LogP contribution >= 0.6 is 0 Å². The second-order valence-corrected chi connectivity index (χ2v) is 10.6. The van der Waals surface area contributed by atoms with Crippen LogP contribution in [-0.4, -0.2) is 39.0 Å². The number of aryl methyl sites for hydroxylation is 1. The average Bonchev–Trinajstić information content (AvgIpc) is 3.01. The molecule has 1 unspecified atom stereocenters. The molecule has 0 saturated carbocycles. The molecule has 9 heteroatoms. The van der Waals surface area contributed by atoms with Crippen LogP contribution < -0.4 is 26.8 Å². The number of benzene rings is 1. The minimum Gasteiger partial charge on any atom is -0.495 e. The normalized spacial score (nSPS) is 14.4. The van der Waals surface area contributed by atoms with Crippen LogP contribution in [0.5, 0.6) is 5.75 Å². The smallest absolute Gasteiger partial charge is 0.222 e. The highest BCUT2D eigenvalue weighted by Gasteiger charge is 2.20. The van der Waals surface area contributed by atoms with Gasteiger partial charge in [0.1, 0.15) is 29.7 Å². The van der Waals surface area contributed by atoms with Crippen LogP contribution in [0.4, 0.5) is 5.69 Å². The van der Waals surface area contributed by atoms with E-state index in [1.165, 1.54) is 18.8 Å². The van der Waals surface area contributed by atoms with E-state index >= 15 is 0 Å². The zero-order valence-electron chi connectivity index (χ0n) is 29.0. The van der Waals surface area contributed by atoms with Gasteiger partial charge in [0.15, 0.2) is 0 Å². The van der Waals surface area contributed by atoms with Crippen molar-refractivity contribution in [3.63, 3.8) is 0 Å². The van der Waals surface area contributed by atoms with Crippen molar-refractivity contribution in [1.29, 1.82) is 0 Å². The number of hydrogen-bond acceptors (Lipinski definition) is 8. The summed E-state index contributed by atoms with van der Waals surface area (Å²) in [5, 5.41) is 6.83. The molecule has 246 valence electrons. The van der Waals surface area contributed by atoms with Crippen molar-refractivity contribution in [2.45, 2.75) is 73.8 Å². The molecule has 1 rings (SSSR count). The van der Waals surface area contributed by atoms with Crippen molar-refractivity contribution in [3.8, 4) is 5.75 Å². The molecule has 0 aliphatic carbocycles. The van der Waals surface area contributed by atoms with Gasteiger partial charge in [-0.3, -0.25) is 4.99 Å². The van der Waals surface area contributed by atoms with Gasteiger partial charge in [-0.25, -0.2) is 4.99 Å². The minimum atomic E-state index is -0.481.